The SMILES string of the molecule is COCCNC(=O)CCNCCC(F)(F)F. The third kappa shape index (κ3) is 11.3. The summed E-state index contributed by atoms with van der Waals surface area (Å²) < 4.78 is 39.9. The highest BCUT2D eigenvalue weighted by Crippen LogP contribution is 2.17. The van der Waals surface area contributed by atoms with Crippen molar-refractivity contribution in [2.45, 2.75) is 19.0 Å². The van der Waals surface area contributed by atoms with Gasteiger partial charge in [-0.15, -0.1) is 0 Å². The van der Waals surface area contributed by atoms with Gasteiger partial charge in [0.05, 0.1) is 13.0 Å². The predicted molar refractivity (Wildman–Crippen MR) is 53.0 cm³/mol. The Balaban J connectivity index is 3.28. The number of alkyl halides is 3. The van der Waals surface area contributed by atoms with Gasteiger partial charge in [0, 0.05) is 33.2 Å². The van der Waals surface area contributed by atoms with Gasteiger partial charge < -0.3 is 15.4 Å². The molecule has 0 atom stereocenters. The van der Waals surface area contributed by atoms with E-state index in [-0.39, 0.29) is 25.4 Å². The van der Waals surface area contributed by atoms with Crippen LogP contribution in [0.2, 0.25) is 0 Å². The maximum absolute atomic E-state index is 11.7. The van der Waals surface area contributed by atoms with E-state index in [2.05, 4.69) is 10.6 Å². The number of carbonyl (C=O) groups excluding carboxylic acids is 1. The molecule has 0 aromatic heterocycles. The van der Waals surface area contributed by atoms with Crippen LogP contribution in [0.5, 0.6) is 0 Å². The number of ether oxygens (including phenoxy) is 1. The summed E-state index contributed by atoms with van der Waals surface area (Å²) in [5.41, 5.74) is 0. The van der Waals surface area contributed by atoms with Crippen molar-refractivity contribution in [3.63, 3.8) is 0 Å². The number of halogens is 3. The van der Waals surface area contributed by atoms with Crippen molar-refractivity contribution in [3.8, 4) is 0 Å². The highest BCUT2D eigenvalue weighted by molar-refractivity contribution is 5.75. The van der Waals surface area contributed by atoms with Gasteiger partial charge in [-0.25, -0.2) is 0 Å². The molecular formula is C9H17F3N2O2. The molecule has 0 bridgehead atoms. The summed E-state index contributed by atoms with van der Waals surface area (Å²) in [6.07, 6.45) is -4.85. The highest BCUT2D eigenvalue weighted by Gasteiger charge is 2.25. The van der Waals surface area contributed by atoms with E-state index in [4.69, 9.17) is 4.74 Å². The first-order valence-corrected chi connectivity index (χ1v) is 4.99. The first kappa shape index (κ1) is 15.2. The van der Waals surface area contributed by atoms with Crippen LogP contribution in [0.25, 0.3) is 0 Å². The number of hydrogen-bond acceptors (Lipinski definition) is 3. The van der Waals surface area contributed by atoms with Gasteiger partial charge >= 0.3 is 6.18 Å². The Morgan fingerprint density at radius 3 is 2.50 bits per heavy atom. The summed E-state index contributed by atoms with van der Waals surface area (Å²) >= 11 is 0. The molecule has 0 aromatic rings. The van der Waals surface area contributed by atoms with Crippen molar-refractivity contribution in [2.75, 3.05) is 33.4 Å². The van der Waals surface area contributed by atoms with Crippen LogP contribution < -0.4 is 10.6 Å². The average molecular weight is 242 g/mol. The second-order valence-corrected chi connectivity index (χ2v) is 3.21. The van der Waals surface area contributed by atoms with Crippen LogP contribution >= 0.6 is 0 Å². The third-order valence-electron chi connectivity index (χ3n) is 1.74. The minimum atomic E-state index is -4.15. The second-order valence-electron chi connectivity index (χ2n) is 3.21. The Bertz CT molecular complexity index is 198. The van der Waals surface area contributed by atoms with Crippen LogP contribution in [0.3, 0.4) is 0 Å². The molecule has 0 heterocycles. The number of rotatable bonds is 8. The summed E-state index contributed by atoms with van der Waals surface area (Å²) in [6.45, 7) is 0.925. The monoisotopic (exact) mass is 242 g/mol. The molecule has 0 saturated heterocycles. The molecular weight excluding hydrogens is 225 g/mol. The largest absolute Gasteiger partial charge is 0.390 e. The molecule has 4 nitrogen and oxygen atoms in total. The zero-order valence-corrected chi connectivity index (χ0v) is 9.19. The molecule has 2 N–H and O–H groups in total. The maximum Gasteiger partial charge on any atom is 0.390 e. The van der Waals surface area contributed by atoms with Gasteiger partial charge in [-0.05, 0) is 0 Å². The van der Waals surface area contributed by atoms with Crippen molar-refractivity contribution in [1.82, 2.24) is 10.6 Å². The van der Waals surface area contributed by atoms with E-state index in [1.807, 2.05) is 0 Å². The maximum atomic E-state index is 11.7. The molecule has 0 aliphatic carbocycles. The summed E-state index contributed by atoms with van der Waals surface area (Å²) in [6, 6.07) is 0. The van der Waals surface area contributed by atoms with Gasteiger partial charge in [0.25, 0.3) is 0 Å². The van der Waals surface area contributed by atoms with Gasteiger partial charge in [-0.1, -0.05) is 0 Å². The fourth-order valence-electron chi connectivity index (χ4n) is 0.938. The van der Waals surface area contributed by atoms with Crippen molar-refractivity contribution in [3.05, 3.63) is 0 Å². The molecule has 0 aliphatic heterocycles. The minimum absolute atomic E-state index is 0.158. The molecule has 96 valence electrons. The fourth-order valence-corrected chi connectivity index (χ4v) is 0.938. The first-order chi connectivity index (χ1) is 7.45. The van der Waals surface area contributed by atoms with E-state index in [1.54, 1.807) is 0 Å². The molecule has 7 heteroatoms. The van der Waals surface area contributed by atoms with E-state index in [9.17, 15) is 18.0 Å². The highest BCUT2D eigenvalue weighted by atomic mass is 19.4. The number of hydrogen-bond donors (Lipinski definition) is 2. The Hall–Kier alpha value is -0.820. The zero-order valence-electron chi connectivity index (χ0n) is 9.19. The Morgan fingerprint density at radius 1 is 1.25 bits per heavy atom. The van der Waals surface area contributed by atoms with Crippen LogP contribution in [0.15, 0.2) is 0 Å². The molecule has 0 spiro atoms. The second kappa shape index (κ2) is 8.35. The van der Waals surface area contributed by atoms with Crippen LogP contribution in [0.4, 0.5) is 13.2 Å². The number of amides is 1. The Morgan fingerprint density at radius 2 is 1.94 bits per heavy atom. The lowest BCUT2D eigenvalue weighted by Gasteiger charge is -2.07. The molecule has 0 aromatic carbocycles. The summed E-state index contributed by atoms with van der Waals surface area (Å²) in [4.78, 5) is 11.0. The first-order valence-electron chi connectivity index (χ1n) is 4.99. The number of carbonyl (C=O) groups is 1. The summed E-state index contributed by atoms with van der Waals surface area (Å²) in [7, 11) is 1.52. The van der Waals surface area contributed by atoms with Crippen molar-refractivity contribution in [2.24, 2.45) is 0 Å². The summed E-state index contributed by atoms with van der Waals surface area (Å²) in [5, 5.41) is 5.12. The van der Waals surface area contributed by atoms with Crippen molar-refractivity contribution < 1.29 is 22.7 Å². The van der Waals surface area contributed by atoms with Crippen LogP contribution in [0, 0.1) is 0 Å². The number of methoxy groups -OCH3 is 1. The average Bonchev–Trinajstić information content (AvgIpc) is 2.16. The topological polar surface area (TPSA) is 50.4 Å². The zero-order chi connectivity index (χ0) is 12.4. The van der Waals surface area contributed by atoms with E-state index in [1.165, 1.54) is 7.11 Å². The van der Waals surface area contributed by atoms with E-state index >= 15 is 0 Å². The smallest absolute Gasteiger partial charge is 0.383 e. The predicted octanol–water partition coefficient (Wildman–Crippen LogP) is 0.681. The minimum Gasteiger partial charge on any atom is -0.383 e. The van der Waals surface area contributed by atoms with Gasteiger partial charge in [0.2, 0.25) is 5.91 Å². The molecule has 0 unspecified atom stereocenters. The molecule has 0 radical (unpaired) electrons. The molecule has 0 aliphatic rings. The standard InChI is InChI=1S/C9H17F3N2O2/c1-16-7-6-14-8(15)2-4-13-5-3-9(10,11)12/h13H,2-7H2,1H3,(H,14,15). The normalized spacial score (nSPS) is 11.5. The molecule has 16 heavy (non-hydrogen) atoms. The fraction of sp³-hybridized carbons (Fsp3) is 0.889. The molecule has 0 fully saturated rings. The quantitative estimate of drug-likeness (QED) is 0.615. The van der Waals surface area contributed by atoms with Gasteiger partial charge in [0.15, 0.2) is 0 Å². The van der Waals surface area contributed by atoms with Crippen molar-refractivity contribution in [1.29, 1.82) is 0 Å². The molecule has 1 amide bonds. The van der Waals surface area contributed by atoms with Crippen molar-refractivity contribution >= 4 is 5.91 Å². The lowest BCUT2D eigenvalue weighted by molar-refractivity contribution is -0.133. The molecule has 0 saturated carbocycles. The van der Waals surface area contributed by atoms with Gasteiger partial charge in [-0.3, -0.25) is 4.79 Å². The summed E-state index contributed by atoms with van der Waals surface area (Å²) in [5.74, 6) is -0.198. The number of nitrogens with one attached hydrogen (secondary N) is 2. The van der Waals surface area contributed by atoms with E-state index < -0.39 is 12.6 Å². The van der Waals surface area contributed by atoms with Crippen LogP contribution in [-0.2, 0) is 9.53 Å². The third-order valence-corrected chi connectivity index (χ3v) is 1.74. The Labute approximate surface area is 92.5 Å². The van der Waals surface area contributed by atoms with E-state index in [0.29, 0.717) is 13.2 Å². The molecule has 0 rings (SSSR count). The lowest BCUT2D eigenvalue weighted by atomic mass is 10.3. The van der Waals surface area contributed by atoms with Crippen LogP contribution in [-0.4, -0.2) is 45.4 Å². The van der Waals surface area contributed by atoms with E-state index in [0.717, 1.165) is 0 Å². The van der Waals surface area contributed by atoms with Gasteiger partial charge in [-0.2, -0.15) is 13.2 Å². The van der Waals surface area contributed by atoms with Gasteiger partial charge in [0.1, 0.15) is 0 Å². The Kier molecular flexibility index (Phi) is 7.92. The lowest BCUT2D eigenvalue weighted by Crippen LogP contribution is -2.31. The van der Waals surface area contributed by atoms with Crippen LogP contribution in [0.1, 0.15) is 12.8 Å².